The Kier molecular flexibility index (Phi) is 3.24. The zero-order valence-electron chi connectivity index (χ0n) is 11.8. The van der Waals surface area contributed by atoms with E-state index in [1.165, 1.54) is 0 Å². The zero-order valence-corrected chi connectivity index (χ0v) is 12.6. The van der Waals surface area contributed by atoms with Crippen LogP contribution in [0.25, 0.3) is 33.9 Å². The summed E-state index contributed by atoms with van der Waals surface area (Å²) >= 11 is 5.97. The van der Waals surface area contributed by atoms with Gasteiger partial charge in [0.15, 0.2) is 17.6 Å². The number of oxazole rings is 1. The quantitative estimate of drug-likeness (QED) is 0.485. The van der Waals surface area contributed by atoms with E-state index in [1.807, 2.05) is 24.3 Å². The minimum absolute atomic E-state index is 0.293. The third-order valence-electron chi connectivity index (χ3n) is 3.49. The predicted molar refractivity (Wildman–Crippen MR) is 87.5 cm³/mol. The Morgan fingerprint density at radius 3 is 2.65 bits per heavy atom. The zero-order chi connectivity index (χ0) is 15.8. The van der Waals surface area contributed by atoms with Crippen LogP contribution in [0.4, 0.5) is 0 Å². The maximum Gasteiger partial charge on any atom is 0.227 e. The Morgan fingerprint density at radius 2 is 1.83 bits per heavy atom. The van der Waals surface area contributed by atoms with Gasteiger partial charge in [0.25, 0.3) is 0 Å². The van der Waals surface area contributed by atoms with Crippen LogP contribution >= 0.6 is 11.6 Å². The first-order chi connectivity index (χ1) is 11.2. The van der Waals surface area contributed by atoms with E-state index >= 15 is 0 Å². The van der Waals surface area contributed by atoms with Crippen LogP contribution in [0, 0.1) is 0 Å². The molecule has 0 unspecified atom stereocenters. The fourth-order valence-corrected chi connectivity index (χ4v) is 2.57. The maximum atomic E-state index is 10.7. The van der Waals surface area contributed by atoms with Gasteiger partial charge < -0.3 is 8.83 Å². The van der Waals surface area contributed by atoms with Gasteiger partial charge in [-0.05, 0) is 42.5 Å². The molecule has 2 aromatic heterocycles. The molecule has 0 fully saturated rings. The van der Waals surface area contributed by atoms with E-state index in [2.05, 4.69) is 4.98 Å². The molecule has 0 saturated carbocycles. The standard InChI is InChI=1S/C18H10ClNO3/c19-13-4-6-17-15(9-13)20-18(23-17)12-3-1-2-11(8-12)16-7-5-14(10-21)22-16/h1-10H. The summed E-state index contributed by atoms with van der Waals surface area (Å²) in [6.07, 6.45) is 0.678. The van der Waals surface area contributed by atoms with Gasteiger partial charge in [0, 0.05) is 16.1 Å². The molecule has 0 saturated heterocycles. The molecule has 0 aliphatic carbocycles. The number of hydrogen-bond acceptors (Lipinski definition) is 4. The molecule has 0 radical (unpaired) electrons. The molecule has 2 aromatic carbocycles. The fourth-order valence-electron chi connectivity index (χ4n) is 2.40. The highest BCUT2D eigenvalue weighted by Crippen LogP contribution is 2.30. The number of nitrogens with zero attached hydrogens (tertiary/aromatic N) is 1. The molecular weight excluding hydrogens is 314 g/mol. The second kappa shape index (κ2) is 5.41. The fraction of sp³-hybridized carbons (Fsp3) is 0. The average Bonchev–Trinajstić information content (AvgIpc) is 3.21. The van der Waals surface area contributed by atoms with Crippen LogP contribution in [0.1, 0.15) is 10.6 Å². The van der Waals surface area contributed by atoms with Crippen LogP contribution in [0.2, 0.25) is 5.02 Å². The van der Waals surface area contributed by atoms with E-state index in [-0.39, 0.29) is 0 Å². The number of hydrogen-bond donors (Lipinski definition) is 0. The SMILES string of the molecule is O=Cc1ccc(-c2cccc(-c3nc4cc(Cl)ccc4o3)c2)o1. The maximum absolute atomic E-state index is 10.7. The molecule has 5 heteroatoms. The van der Waals surface area contributed by atoms with E-state index in [0.717, 1.165) is 11.1 Å². The van der Waals surface area contributed by atoms with Gasteiger partial charge in [0.1, 0.15) is 11.3 Å². The molecule has 0 N–H and O–H groups in total. The van der Waals surface area contributed by atoms with Crippen LogP contribution in [0.15, 0.2) is 63.4 Å². The summed E-state index contributed by atoms with van der Waals surface area (Å²) in [4.78, 5) is 15.2. The van der Waals surface area contributed by atoms with Gasteiger partial charge >= 0.3 is 0 Å². The third-order valence-corrected chi connectivity index (χ3v) is 3.72. The lowest BCUT2D eigenvalue weighted by molar-refractivity contribution is 0.110. The Bertz CT molecular complexity index is 1020. The molecule has 23 heavy (non-hydrogen) atoms. The molecule has 112 valence electrons. The van der Waals surface area contributed by atoms with E-state index in [0.29, 0.717) is 39.8 Å². The monoisotopic (exact) mass is 323 g/mol. The van der Waals surface area contributed by atoms with Gasteiger partial charge in [0.05, 0.1) is 0 Å². The second-order valence-corrected chi connectivity index (χ2v) is 5.47. The van der Waals surface area contributed by atoms with Gasteiger partial charge in [-0.15, -0.1) is 0 Å². The van der Waals surface area contributed by atoms with E-state index < -0.39 is 0 Å². The van der Waals surface area contributed by atoms with Crippen molar-refractivity contribution in [1.29, 1.82) is 0 Å². The number of aromatic nitrogens is 1. The van der Waals surface area contributed by atoms with Gasteiger partial charge in [-0.3, -0.25) is 4.79 Å². The Labute approximate surface area is 136 Å². The highest BCUT2D eigenvalue weighted by molar-refractivity contribution is 6.31. The van der Waals surface area contributed by atoms with Crippen molar-refractivity contribution in [1.82, 2.24) is 4.98 Å². The minimum atomic E-state index is 0.293. The summed E-state index contributed by atoms with van der Waals surface area (Å²) in [5, 5.41) is 0.614. The number of carbonyl (C=O) groups excluding carboxylic acids is 1. The first kappa shape index (κ1) is 13.8. The number of benzene rings is 2. The Balaban J connectivity index is 1.78. The highest BCUT2D eigenvalue weighted by atomic mass is 35.5. The minimum Gasteiger partial charge on any atom is -0.453 e. The van der Waals surface area contributed by atoms with Crippen molar-refractivity contribution in [3.05, 3.63) is 65.4 Å². The van der Waals surface area contributed by atoms with E-state index in [4.69, 9.17) is 20.4 Å². The molecule has 0 spiro atoms. The summed E-state index contributed by atoms with van der Waals surface area (Å²) in [6, 6.07) is 16.3. The van der Waals surface area contributed by atoms with Crippen molar-refractivity contribution in [2.75, 3.05) is 0 Å². The highest BCUT2D eigenvalue weighted by Gasteiger charge is 2.11. The molecule has 0 aliphatic heterocycles. The number of aldehydes is 1. The van der Waals surface area contributed by atoms with Crippen molar-refractivity contribution in [2.24, 2.45) is 0 Å². The van der Waals surface area contributed by atoms with E-state index in [9.17, 15) is 4.79 Å². The number of carbonyl (C=O) groups is 1. The van der Waals surface area contributed by atoms with Crippen LogP contribution in [-0.4, -0.2) is 11.3 Å². The van der Waals surface area contributed by atoms with Crippen LogP contribution in [0.5, 0.6) is 0 Å². The molecule has 4 nitrogen and oxygen atoms in total. The van der Waals surface area contributed by atoms with Crippen LogP contribution in [-0.2, 0) is 0 Å². The lowest BCUT2D eigenvalue weighted by Crippen LogP contribution is -1.80. The van der Waals surface area contributed by atoms with Crippen molar-refractivity contribution in [3.63, 3.8) is 0 Å². The lowest BCUT2D eigenvalue weighted by atomic mass is 10.1. The predicted octanol–water partition coefficient (Wildman–Crippen LogP) is 5.22. The van der Waals surface area contributed by atoms with Crippen molar-refractivity contribution in [3.8, 4) is 22.8 Å². The van der Waals surface area contributed by atoms with Gasteiger partial charge in [-0.1, -0.05) is 23.7 Å². The van der Waals surface area contributed by atoms with Crippen LogP contribution in [0.3, 0.4) is 0 Å². The number of fused-ring (bicyclic) bond motifs is 1. The molecule has 0 aliphatic rings. The number of furan rings is 1. The molecule has 0 amide bonds. The topological polar surface area (TPSA) is 56.2 Å². The summed E-state index contributed by atoms with van der Waals surface area (Å²) in [5.41, 5.74) is 3.05. The largest absolute Gasteiger partial charge is 0.453 e. The smallest absolute Gasteiger partial charge is 0.227 e. The first-order valence-corrected chi connectivity index (χ1v) is 7.33. The third kappa shape index (κ3) is 2.53. The summed E-state index contributed by atoms with van der Waals surface area (Å²) in [7, 11) is 0. The molecular formula is C18H10ClNO3. The summed E-state index contributed by atoms with van der Waals surface area (Å²) < 4.78 is 11.2. The normalized spacial score (nSPS) is 11.0. The summed E-state index contributed by atoms with van der Waals surface area (Å²) in [6.45, 7) is 0. The summed E-state index contributed by atoms with van der Waals surface area (Å²) in [5.74, 6) is 1.42. The van der Waals surface area contributed by atoms with Gasteiger partial charge in [-0.25, -0.2) is 4.98 Å². The molecule has 0 atom stereocenters. The number of halogens is 1. The molecule has 4 rings (SSSR count). The van der Waals surface area contributed by atoms with Crippen LogP contribution < -0.4 is 0 Å². The number of rotatable bonds is 3. The Morgan fingerprint density at radius 1 is 0.957 bits per heavy atom. The van der Waals surface area contributed by atoms with Crippen molar-refractivity contribution < 1.29 is 13.6 Å². The lowest BCUT2D eigenvalue weighted by Gasteiger charge is -1.99. The Hall–Kier alpha value is -2.85. The van der Waals surface area contributed by atoms with Crippen molar-refractivity contribution >= 4 is 29.0 Å². The first-order valence-electron chi connectivity index (χ1n) is 6.95. The molecule has 4 aromatic rings. The molecule has 2 heterocycles. The second-order valence-electron chi connectivity index (χ2n) is 5.03. The average molecular weight is 324 g/mol. The van der Waals surface area contributed by atoms with Gasteiger partial charge in [0.2, 0.25) is 5.89 Å². The van der Waals surface area contributed by atoms with Gasteiger partial charge in [-0.2, -0.15) is 0 Å². The van der Waals surface area contributed by atoms with E-state index in [1.54, 1.807) is 30.3 Å². The molecule has 0 bridgehead atoms. The van der Waals surface area contributed by atoms with Crippen molar-refractivity contribution in [2.45, 2.75) is 0 Å².